The molecule has 1 aromatic carbocycles. The number of amides is 2. The number of nitrogens with zero attached hydrogens (tertiary/aromatic N) is 2. The number of aliphatic hydroxyl groups is 1. The van der Waals surface area contributed by atoms with Crippen LogP contribution in [0.2, 0.25) is 0 Å². The Balaban J connectivity index is 1.42. The van der Waals surface area contributed by atoms with Crippen molar-refractivity contribution in [1.29, 1.82) is 0 Å². The minimum Gasteiger partial charge on any atom is -0.387 e. The third-order valence-corrected chi connectivity index (χ3v) is 5.85. The molecular formula is C21H31N3O3. The van der Waals surface area contributed by atoms with Gasteiger partial charge in [0.15, 0.2) is 0 Å². The monoisotopic (exact) mass is 373 g/mol. The van der Waals surface area contributed by atoms with E-state index in [0.29, 0.717) is 25.7 Å². The summed E-state index contributed by atoms with van der Waals surface area (Å²) in [4.78, 5) is 28.4. The highest BCUT2D eigenvalue weighted by atomic mass is 16.3. The fraction of sp³-hybridized carbons (Fsp3) is 0.619. The van der Waals surface area contributed by atoms with Crippen LogP contribution in [0.15, 0.2) is 30.3 Å². The Morgan fingerprint density at radius 3 is 2.52 bits per heavy atom. The highest BCUT2D eigenvalue weighted by Gasteiger charge is 2.32. The molecule has 0 unspecified atom stereocenters. The molecule has 2 amide bonds. The van der Waals surface area contributed by atoms with Crippen LogP contribution < -0.4 is 5.32 Å². The molecule has 0 saturated carbocycles. The van der Waals surface area contributed by atoms with Crippen LogP contribution in [-0.4, -0.2) is 72.1 Å². The second-order valence-electron chi connectivity index (χ2n) is 7.63. The maximum atomic E-state index is 12.6. The number of aliphatic hydroxyl groups excluding tert-OH is 1. The quantitative estimate of drug-likeness (QED) is 0.782. The van der Waals surface area contributed by atoms with E-state index in [0.717, 1.165) is 45.2 Å². The molecule has 6 nitrogen and oxygen atoms in total. The van der Waals surface area contributed by atoms with Crippen molar-refractivity contribution in [2.24, 2.45) is 5.92 Å². The number of likely N-dealkylation sites (tertiary alicyclic amines) is 2. The zero-order valence-electron chi connectivity index (χ0n) is 16.0. The van der Waals surface area contributed by atoms with Gasteiger partial charge in [0.2, 0.25) is 11.8 Å². The molecule has 148 valence electrons. The smallest absolute Gasteiger partial charge is 0.248 e. The molecular weight excluding hydrogens is 342 g/mol. The van der Waals surface area contributed by atoms with Crippen molar-refractivity contribution >= 4 is 11.8 Å². The lowest BCUT2D eigenvalue weighted by Gasteiger charge is -2.42. The Kier molecular flexibility index (Phi) is 7.24. The standard InChI is InChI=1S/C21H31N3O3/c25-16-20(26)23-13-9-19(10-14-23)24-12-4-7-18(15-24)21(27)22-11-8-17-5-2-1-3-6-17/h1-3,5-6,18-19,25H,4,7-16H2,(H,22,27)/t18-/m0/s1. The van der Waals surface area contributed by atoms with Gasteiger partial charge in [0, 0.05) is 32.2 Å². The van der Waals surface area contributed by atoms with Crippen LogP contribution in [0.4, 0.5) is 0 Å². The number of rotatable bonds is 6. The SMILES string of the molecule is O=C(NCCc1ccccc1)[C@H]1CCCN(C2CCN(C(=O)CO)CC2)C1. The van der Waals surface area contributed by atoms with E-state index >= 15 is 0 Å². The van der Waals surface area contributed by atoms with Crippen LogP contribution in [0.3, 0.4) is 0 Å². The Bertz CT molecular complexity index is 614. The van der Waals surface area contributed by atoms with E-state index in [1.165, 1.54) is 5.56 Å². The van der Waals surface area contributed by atoms with Gasteiger partial charge in [-0.2, -0.15) is 0 Å². The number of hydrogen-bond donors (Lipinski definition) is 2. The lowest BCUT2D eigenvalue weighted by molar-refractivity contribution is -0.135. The molecule has 3 rings (SSSR count). The summed E-state index contributed by atoms with van der Waals surface area (Å²) in [5.41, 5.74) is 1.24. The van der Waals surface area contributed by atoms with Crippen molar-refractivity contribution in [3.05, 3.63) is 35.9 Å². The van der Waals surface area contributed by atoms with E-state index in [1.54, 1.807) is 4.90 Å². The van der Waals surface area contributed by atoms with Crippen molar-refractivity contribution in [1.82, 2.24) is 15.1 Å². The van der Waals surface area contributed by atoms with Gasteiger partial charge in [-0.05, 0) is 44.2 Å². The summed E-state index contributed by atoms with van der Waals surface area (Å²) >= 11 is 0. The van der Waals surface area contributed by atoms with Gasteiger partial charge in [0.25, 0.3) is 0 Å². The third-order valence-electron chi connectivity index (χ3n) is 5.85. The Morgan fingerprint density at radius 1 is 1.07 bits per heavy atom. The fourth-order valence-corrected chi connectivity index (χ4v) is 4.25. The van der Waals surface area contributed by atoms with E-state index in [-0.39, 0.29) is 17.7 Å². The van der Waals surface area contributed by atoms with Gasteiger partial charge in [0.05, 0.1) is 5.92 Å². The van der Waals surface area contributed by atoms with Gasteiger partial charge in [-0.1, -0.05) is 30.3 Å². The maximum Gasteiger partial charge on any atom is 0.248 e. The molecule has 0 aromatic heterocycles. The van der Waals surface area contributed by atoms with E-state index in [2.05, 4.69) is 22.3 Å². The number of carbonyl (C=O) groups is 2. The first-order valence-electron chi connectivity index (χ1n) is 10.1. The first-order chi connectivity index (χ1) is 13.2. The fourth-order valence-electron chi connectivity index (χ4n) is 4.25. The predicted molar refractivity (Wildman–Crippen MR) is 104 cm³/mol. The summed E-state index contributed by atoms with van der Waals surface area (Å²) in [7, 11) is 0. The van der Waals surface area contributed by atoms with E-state index in [1.807, 2.05) is 18.2 Å². The maximum absolute atomic E-state index is 12.6. The highest BCUT2D eigenvalue weighted by molar-refractivity contribution is 5.79. The average Bonchev–Trinajstić information content (AvgIpc) is 2.74. The molecule has 1 aromatic rings. The molecule has 2 N–H and O–H groups in total. The summed E-state index contributed by atoms with van der Waals surface area (Å²) < 4.78 is 0. The number of benzene rings is 1. The molecule has 2 heterocycles. The Morgan fingerprint density at radius 2 is 1.81 bits per heavy atom. The lowest BCUT2D eigenvalue weighted by Crippen LogP contribution is -2.52. The normalized spacial score (nSPS) is 21.8. The lowest BCUT2D eigenvalue weighted by atomic mass is 9.93. The van der Waals surface area contributed by atoms with Crippen molar-refractivity contribution in [2.45, 2.75) is 38.1 Å². The van der Waals surface area contributed by atoms with Crippen molar-refractivity contribution < 1.29 is 14.7 Å². The van der Waals surface area contributed by atoms with Gasteiger partial charge in [0.1, 0.15) is 6.61 Å². The van der Waals surface area contributed by atoms with Gasteiger partial charge in [-0.25, -0.2) is 0 Å². The molecule has 2 aliphatic heterocycles. The van der Waals surface area contributed by atoms with Crippen LogP contribution in [-0.2, 0) is 16.0 Å². The number of piperidine rings is 2. The predicted octanol–water partition coefficient (Wildman–Crippen LogP) is 1.04. The van der Waals surface area contributed by atoms with Crippen molar-refractivity contribution in [3.8, 4) is 0 Å². The molecule has 0 radical (unpaired) electrons. The molecule has 1 atom stereocenters. The third kappa shape index (κ3) is 5.53. The number of nitrogens with one attached hydrogen (secondary N) is 1. The van der Waals surface area contributed by atoms with Crippen molar-refractivity contribution in [2.75, 3.05) is 39.3 Å². The molecule has 0 aliphatic carbocycles. The van der Waals surface area contributed by atoms with Crippen molar-refractivity contribution in [3.63, 3.8) is 0 Å². The zero-order valence-corrected chi connectivity index (χ0v) is 16.0. The average molecular weight is 373 g/mol. The second kappa shape index (κ2) is 9.85. The summed E-state index contributed by atoms with van der Waals surface area (Å²) in [6.07, 6.45) is 4.71. The van der Waals surface area contributed by atoms with Crippen LogP contribution in [0.1, 0.15) is 31.2 Å². The second-order valence-corrected chi connectivity index (χ2v) is 7.63. The summed E-state index contributed by atoms with van der Waals surface area (Å²) in [6, 6.07) is 10.7. The minimum absolute atomic E-state index is 0.0617. The summed E-state index contributed by atoms with van der Waals surface area (Å²) in [5, 5.41) is 12.1. The molecule has 6 heteroatoms. The molecule has 2 saturated heterocycles. The van der Waals surface area contributed by atoms with Gasteiger partial charge >= 0.3 is 0 Å². The molecule has 0 spiro atoms. The first-order valence-corrected chi connectivity index (χ1v) is 10.1. The summed E-state index contributed by atoms with van der Waals surface area (Å²) in [5.74, 6) is 0.0536. The zero-order chi connectivity index (χ0) is 19.1. The molecule has 0 bridgehead atoms. The number of hydrogen-bond acceptors (Lipinski definition) is 4. The van der Waals surface area contributed by atoms with Gasteiger partial charge in [-0.15, -0.1) is 0 Å². The Hall–Kier alpha value is -1.92. The number of carbonyl (C=O) groups excluding carboxylic acids is 2. The van der Waals surface area contributed by atoms with Gasteiger partial charge in [-0.3, -0.25) is 14.5 Å². The summed E-state index contributed by atoms with van der Waals surface area (Å²) in [6.45, 7) is 3.53. The topological polar surface area (TPSA) is 72.9 Å². The van der Waals surface area contributed by atoms with Gasteiger partial charge < -0.3 is 15.3 Å². The first kappa shape index (κ1) is 19.8. The van der Waals surface area contributed by atoms with Crippen LogP contribution in [0.25, 0.3) is 0 Å². The molecule has 2 fully saturated rings. The van der Waals surface area contributed by atoms with Crippen LogP contribution in [0, 0.1) is 5.92 Å². The minimum atomic E-state index is -0.403. The van der Waals surface area contributed by atoms with E-state index in [9.17, 15) is 9.59 Å². The van der Waals surface area contributed by atoms with Crippen LogP contribution in [0.5, 0.6) is 0 Å². The molecule has 2 aliphatic rings. The Labute approximate surface area is 161 Å². The van der Waals surface area contributed by atoms with Crippen LogP contribution >= 0.6 is 0 Å². The molecule has 27 heavy (non-hydrogen) atoms. The highest BCUT2D eigenvalue weighted by Crippen LogP contribution is 2.24. The van der Waals surface area contributed by atoms with E-state index < -0.39 is 6.61 Å². The van der Waals surface area contributed by atoms with E-state index in [4.69, 9.17) is 5.11 Å². The largest absolute Gasteiger partial charge is 0.387 e.